The molecule has 20 heavy (non-hydrogen) atoms. The molecular weight excluding hydrogens is 322 g/mol. The fourth-order valence-corrected chi connectivity index (χ4v) is 3.97. The average molecular weight is 334 g/mol. The van der Waals surface area contributed by atoms with Gasteiger partial charge in [-0.05, 0) is 24.3 Å². The van der Waals surface area contributed by atoms with Gasteiger partial charge in [0, 0.05) is 10.3 Å². The van der Waals surface area contributed by atoms with Gasteiger partial charge in [-0.2, -0.15) is 0 Å². The van der Waals surface area contributed by atoms with Crippen molar-refractivity contribution < 1.29 is 18.3 Å². The molecule has 2 rings (SSSR count). The van der Waals surface area contributed by atoms with Crippen molar-refractivity contribution in [2.75, 3.05) is 11.8 Å². The van der Waals surface area contributed by atoms with Gasteiger partial charge in [-0.1, -0.05) is 11.6 Å². The standard InChI is InChI=1S/C12H12ClNO4S2/c1-18-12-3-2-8(4-11(12)13)14-20(16,17)10-5-9(6-15)19-7-10/h2-5,7,14-15H,6H2,1H3. The Bertz CT molecular complexity index is 712. The summed E-state index contributed by atoms with van der Waals surface area (Å²) in [5.41, 5.74) is 0.340. The molecule has 0 atom stereocenters. The topological polar surface area (TPSA) is 75.6 Å². The van der Waals surface area contributed by atoms with Gasteiger partial charge in [0.25, 0.3) is 10.0 Å². The first kappa shape index (κ1) is 15.1. The summed E-state index contributed by atoms with van der Waals surface area (Å²) >= 11 is 7.12. The van der Waals surface area contributed by atoms with E-state index >= 15 is 0 Å². The first-order valence-corrected chi connectivity index (χ1v) is 8.25. The number of hydrogen-bond donors (Lipinski definition) is 2. The Balaban J connectivity index is 2.26. The van der Waals surface area contributed by atoms with Crippen molar-refractivity contribution in [3.05, 3.63) is 39.5 Å². The van der Waals surface area contributed by atoms with Crippen LogP contribution < -0.4 is 9.46 Å². The average Bonchev–Trinajstić information content (AvgIpc) is 2.88. The van der Waals surface area contributed by atoms with E-state index < -0.39 is 10.0 Å². The normalized spacial score (nSPS) is 11.3. The van der Waals surface area contributed by atoms with E-state index in [1.165, 1.54) is 36.0 Å². The van der Waals surface area contributed by atoms with Crippen molar-refractivity contribution >= 4 is 38.6 Å². The highest BCUT2D eigenvalue weighted by molar-refractivity contribution is 7.92. The zero-order chi connectivity index (χ0) is 14.8. The molecule has 1 aromatic heterocycles. The third-order valence-electron chi connectivity index (χ3n) is 2.50. The molecule has 2 aromatic rings. The molecule has 108 valence electrons. The second-order valence-electron chi connectivity index (χ2n) is 3.86. The molecule has 5 nitrogen and oxygen atoms in total. The van der Waals surface area contributed by atoms with Crippen molar-refractivity contribution in [3.8, 4) is 5.75 Å². The predicted molar refractivity (Wildman–Crippen MR) is 79.1 cm³/mol. The van der Waals surface area contributed by atoms with Gasteiger partial charge in [-0.15, -0.1) is 11.3 Å². The summed E-state index contributed by atoms with van der Waals surface area (Å²) in [4.78, 5) is 0.691. The van der Waals surface area contributed by atoms with E-state index in [1.54, 1.807) is 12.1 Å². The molecule has 0 spiro atoms. The summed E-state index contributed by atoms with van der Waals surface area (Å²) in [5, 5.41) is 10.7. The van der Waals surface area contributed by atoms with Crippen molar-refractivity contribution in [1.82, 2.24) is 0 Å². The van der Waals surface area contributed by atoms with Crippen LogP contribution in [0.4, 0.5) is 5.69 Å². The Labute approximate surface area is 125 Å². The quantitative estimate of drug-likeness (QED) is 0.882. The Hall–Kier alpha value is -1.28. The number of aliphatic hydroxyl groups is 1. The highest BCUT2D eigenvalue weighted by atomic mass is 35.5. The zero-order valence-corrected chi connectivity index (χ0v) is 12.8. The third-order valence-corrected chi connectivity index (χ3v) is 5.23. The van der Waals surface area contributed by atoms with Gasteiger partial charge in [-0.3, -0.25) is 4.72 Å². The number of methoxy groups -OCH3 is 1. The monoisotopic (exact) mass is 333 g/mol. The van der Waals surface area contributed by atoms with Gasteiger partial charge in [0.1, 0.15) is 5.75 Å². The molecule has 0 saturated heterocycles. The Morgan fingerprint density at radius 1 is 1.40 bits per heavy atom. The van der Waals surface area contributed by atoms with Gasteiger partial charge in [0.15, 0.2) is 0 Å². The summed E-state index contributed by atoms with van der Waals surface area (Å²) in [5.74, 6) is 0.465. The first-order chi connectivity index (χ1) is 9.46. The number of anilines is 1. The molecule has 0 aliphatic rings. The smallest absolute Gasteiger partial charge is 0.262 e. The second-order valence-corrected chi connectivity index (χ2v) is 6.95. The number of hydrogen-bond acceptors (Lipinski definition) is 5. The van der Waals surface area contributed by atoms with Crippen LogP contribution in [0.2, 0.25) is 5.02 Å². The number of nitrogens with one attached hydrogen (secondary N) is 1. The lowest BCUT2D eigenvalue weighted by Crippen LogP contribution is -2.12. The van der Waals surface area contributed by atoms with Gasteiger partial charge in [0.2, 0.25) is 0 Å². The van der Waals surface area contributed by atoms with E-state index in [1.807, 2.05) is 0 Å². The fraction of sp³-hybridized carbons (Fsp3) is 0.167. The predicted octanol–water partition coefficient (Wildman–Crippen LogP) is 2.70. The van der Waals surface area contributed by atoms with Crippen LogP contribution in [0.25, 0.3) is 0 Å². The maximum atomic E-state index is 12.1. The van der Waals surface area contributed by atoms with E-state index in [4.69, 9.17) is 21.4 Å². The lowest BCUT2D eigenvalue weighted by atomic mass is 10.3. The van der Waals surface area contributed by atoms with Crippen LogP contribution in [0.1, 0.15) is 4.88 Å². The van der Waals surface area contributed by atoms with Gasteiger partial charge in [-0.25, -0.2) is 8.42 Å². The number of rotatable bonds is 5. The summed E-state index contributed by atoms with van der Waals surface area (Å²) < 4.78 is 31.7. The summed E-state index contributed by atoms with van der Waals surface area (Å²) in [6.45, 7) is -0.186. The second kappa shape index (κ2) is 6.01. The van der Waals surface area contributed by atoms with Crippen molar-refractivity contribution in [1.29, 1.82) is 0 Å². The largest absolute Gasteiger partial charge is 0.495 e. The molecule has 0 bridgehead atoms. The van der Waals surface area contributed by atoms with Crippen LogP contribution in [0, 0.1) is 0 Å². The molecular formula is C12H12ClNO4S2. The molecule has 1 heterocycles. The minimum atomic E-state index is -3.69. The van der Waals surface area contributed by atoms with Crippen LogP contribution in [-0.4, -0.2) is 20.6 Å². The summed E-state index contributed by atoms with van der Waals surface area (Å²) in [6, 6.07) is 6.03. The minimum Gasteiger partial charge on any atom is -0.495 e. The Morgan fingerprint density at radius 2 is 2.15 bits per heavy atom. The third kappa shape index (κ3) is 3.24. The Kier molecular flexibility index (Phi) is 4.54. The molecule has 0 unspecified atom stereocenters. The maximum absolute atomic E-state index is 12.1. The Morgan fingerprint density at radius 3 is 2.70 bits per heavy atom. The number of sulfonamides is 1. The number of ether oxygens (including phenoxy) is 1. The minimum absolute atomic E-state index is 0.110. The van der Waals surface area contributed by atoms with Crippen LogP contribution in [-0.2, 0) is 16.6 Å². The van der Waals surface area contributed by atoms with Gasteiger partial charge < -0.3 is 9.84 Å². The molecule has 1 aromatic carbocycles. The molecule has 0 radical (unpaired) electrons. The molecule has 8 heteroatoms. The summed E-state index contributed by atoms with van der Waals surface area (Å²) in [7, 11) is -2.21. The molecule has 0 aliphatic heterocycles. The van der Waals surface area contributed by atoms with Crippen LogP contribution in [0.5, 0.6) is 5.75 Å². The van der Waals surface area contributed by atoms with E-state index in [0.717, 1.165) is 0 Å². The van der Waals surface area contributed by atoms with Crippen LogP contribution >= 0.6 is 22.9 Å². The fourth-order valence-electron chi connectivity index (χ4n) is 1.53. The first-order valence-electron chi connectivity index (χ1n) is 5.51. The van der Waals surface area contributed by atoms with Crippen LogP contribution in [0.15, 0.2) is 34.5 Å². The zero-order valence-electron chi connectivity index (χ0n) is 10.5. The number of halogens is 1. The lowest BCUT2D eigenvalue weighted by molar-refractivity contribution is 0.285. The highest BCUT2D eigenvalue weighted by Crippen LogP contribution is 2.29. The molecule has 2 N–H and O–H groups in total. The SMILES string of the molecule is COc1ccc(NS(=O)(=O)c2csc(CO)c2)cc1Cl. The van der Waals surface area contributed by atoms with Gasteiger partial charge in [0.05, 0.1) is 29.3 Å². The number of thiophene rings is 1. The lowest BCUT2D eigenvalue weighted by Gasteiger charge is -2.08. The van der Waals surface area contributed by atoms with Crippen molar-refractivity contribution in [2.45, 2.75) is 11.5 Å². The van der Waals surface area contributed by atoms with Gasteiger partial charge >= 0.3 is 0 Å². The van der Waals surface area contributed by atoms with Crippen molar-refractivity contribution in [3.63, 3.8) is 0 Å². The van der Waals surface area contributed by atoms with E-state index in [9.17, 15) is 8.42 Å². The highest BCUT2D eigenvalue weighted by Gasteiger charge is 2.17. The van der Waals surface area contributed by atoms with Crippen LogP contribution in [0.3, 0.4) is 0 Å². The van der Waals surface area contributed by atoms with E-state index in [2.05, 4.69) is 4.72 Å². The molecule has 0 saturated carbocycles. The van der Waals surface area contributed by atoms with Crippen molar-refractivity contribution in [2.24, 2.45) is 0 Å². The number of aliphatic hydroxyl groups excluding tert-OH is 1. The summed E-state index contributed by atoms with van der Waals surface area (Å²) in [6.07, 6.45) is 0. The maximum Gasteiger partial charge on any atom is 0.262 e. The molecule has 0 fully saturated rings. The molecule has 0 amide bonds. The molecule has 0 aliphatic carbocycles. The van der Waals surface area contributed by atoms with E-state index in [-0.39, 0.29) is 11.5 Å². The number of benzene rings is 1. The van der Waals surface area contributed by atoms with E-state index in [0.29, 0.717) is 21.3 Å².